The number of hydrogen-bond acceptors (Lipinski definition) is 4. The van der Waals surface area contributed by atoms with E-state index in [9.17, 15) is 19.5 Å². The Kier molecular flexibility index (Phi) is 7.96. The number of halogens is 4. The molecule has 0 amide bonds. The van der Waals surface area contributed by atoms with Crippen LogP contribution in [0.15, 0.2) is 23.5 Å². The number of hydrogen-bond donors (Lipinski definition) is 1. The number of carbonyl (C=O) groups excluding carboxylic acids is 3. The van der Waals surface area contributed by atoms with Gasteiger partial charge in [-0.2, -0.15) is 0 Å². The summed E-state index contributed by atoms with van der Waals surface area (Å²) in [5, 5.41) is 10.8. The molecular weight excluding hydrogens is 932 g/mol. The SMILES string of the molecule is C[I-]C(=O)CCC12CCCC(C)C1(I)C1(I)C(=O)C=C3C4(C)C=C(O)C(=O)C(C)(I)C4CCC3(C)C1CC2. The molecule has 0 saturated heterocycles. The van der Waals surface area contributed by atoms with Crippen LogP contribution in [0.3, 0.4) is 0 Å². The predicted octanol–water partition coefficient (Wildman–Crippen LogP) is 4.73. The van der Waals surface area contributed by atoms with Crippen LogP contribution < -0.4 is 21.2 Å². The van der Waals surface area contributed by atoms with Crippen molar-refractivity contribution in [3.8, 4) is 0 Å². The van der Waals surface area contributed by atoms with E-state index in [1.807, 2.05) is 13.0 Å². The number of ketones is 2. The summed E-state index contributed by atoms with van der Waals surface area (Å²) in [5.41, 5.74) is 0.423. The average molecular weight is 971 g/mol. The van der Waals surface area contributed by atoms with Gasteiger partial charge >= 0.3 is 237 Å². The van der Waals surface area contributed by atoms with Gasteiger partial charge in [-0.15, -0.1) is 0 Å². The molecule has 38 heavy (non-hydrogen) atoms. The van der Waals surface area contributed by atoms with Gasteiger partial charge in [0.2, 0.25) is 5.78 Å². The molecule has 0 radical (unpaired) electrons. The van der Waals surface area contributed by atoms with Crippen LogP contribution >= 0.6 is 67.8 Å². The summed E-state index contributed by atoms with van der Waals surface area (Å²) in [4.78, 5) is 42.3. The number of aliphatic hydroxyl groups excluding tert-OH is 1. The van der Waals surface area contributed by atoms with E-state index < -0.39 is 33.5 Å². The quantitative estimate of drug-likeness (QED) is 0.252. The first-order valence-electron chi connectivity index (χ1n) is 13.9. The van der Waals surface area contributed by atoms with Gasteiger partial charge in [-0.1, -0.05) is 22.6 Å². The molecule has 8 heteroatoms. The third-order valence-corrected chi connectivity index (χ3v) is 20.9. The maximum atomic E-state index is 14.7. The zero-order chi connectivity index (χ0) is 28.1. The summed E-state index contributed by atoms with van der Waals surface area (Å²) in [6.45, 7) is 8.85. The molecule has 3 fully saturated rings. The summed E-state index contributed by atoms with van der Waals surface area (Å²) < 4.78 is -1.02. The fraction of sp³-hybridized carbons (Fsp3) is 0.767. The summed E-state index contributed by atoms with van der Waals surface area (Å²) in [7, 11) is 0. The molecule has 3 saturated carbocycles. The van der Waals surface area contributed by atoms with Crippen LogP contribution in [0.2, 0.25) is 0 Å². The second-order valence-electron chi connectivity index (χ2n) is 13.3. The van der Waals surface area contributed by atoms with Crippen molar-refractivity contribution in [1.29, 1.82) is 0 Å². The van der Waals surface area contributed by atoms with Crippen molar-refractivity contribution in [3.63, 3.8) is 0 Å². The van der Waals surface area contributed by atoms with E-state index in [2.05, 4.69) is 93.5 Å². The van der Waals surface area contributed by atoms with E-state index in [1.54, 1.807) is 6.08 Å². The number of alkyl halides is 4. The first kappa shape index (κ1) is 30.7. The van der Waals surface area contributed by atoms with E-state index in [1.165, 1.54) is 6.42 Å². The van der Waals surface area contributed by atoms with Gasteiger partial charge in [0, 0.05) is 0 Å². The van der Waals surface area contributed by atoms with Crippen LogP contribution in [0, 0.1) is 34.0 Å². The molecule has 0 heterocycles. The van der Waals surface area contributed by atoms with E-state index in [-0.39, 0.29) is 43.4 Å². The topological polar surface area (TPSA) is 71.4 Å². The second-order valence-corrected chi connectivity index (χ2v) is 21.2. The Balaban J connectivity index is 1.68. The van der Waals surface area contributed by atoms with Crippen LogP contribution in [-0.2, 0) is 14.4 Å². The zero-order valence-corrected chi connectivity index (χ0v) is 31.6. The van der Waals surface area contributed by atoms with Crippen LogP contribution in [0.4, 0.5) is 0 Å². The van der Waals surface area contributed by atoms with Crippen LogP contribution in [0.5, 0.6) is 0 Å². The van der Waals surface area contributed by atoms with Crippen LogP contribution in [-0.4, -0.2) is 35.7 Å². The number of allylic oxidation sites excluding steroid dienone is 4. The Labute approximate surface area is 278 Å². The van der Waals surface area contributed by atoms with Crippen molar-refractivity contribution >= 4 is 83.1 Å². The number of carbonyl (C=O) groups is 3. The summed E-state index contributed by atoms with van der Waals surface area (Å²) >= 11 is 7.19. The monoisotopic (exact) mass is 971 g/mol. The van der Waals surface area contributed by atoms with Crippen molar-refractivity contribution in [2.75, 3.05) is 4.93 Å². The number of fused-ring (bicyclic) bond motifs is 7. The maximum absolute atomic E-state index is 14.7. The molecular formula is C30H39I4O4-. The molecule has 0 aliphatic heterocycles. The zero-order valence-electron chi connectivity index (χ0n) is 22.9. The van der Waals surface area contributed by atoms with Crippen molar-refractivity contribution in [2.45, 2.75) is 95.7 Å². The molecule has 212 valence electrons. The van der Waals surface area contributed by atoms with Gasteiger partial charge in [0.05, 0.1) is 0 Å². The predicted molar refractivity (Wildman–Crippen MR) is 172 cm³/mol. The Morgan fingerprint density at radius 3 is 2.37 bits per heavy atom. The fourth-order valence-corrected chi connectivity index (χ4v) is 16.0. The molecule has 4 nitrogen and oxygen atoms in total. The Morgan fingerprint density at radius 2 is 1.71 bits per heavy atom. The first-order valence-corrected chi connectivity index (χ1v) is 20.4. The number of rotatable bonds is 4. The summed E-state index contributed by atoms with van der Waals surface area (Å²) in [6.07, 6.45) is 12.7. The summed E-state index contributed by atoms with van der Waals surface area (Å²) in [6, 6.07) is 0. The van der Waals surface area contributed by atoms with E-state index in [0.717, 1.165) is 50.5 Å². The van der Waals surface area contributed by atoms with Gasteiger partial charge in [0.15, 0.2) is 0 Å². The number of aliphatic hydroxyl groups is 1. The van der Waals surface area contributed by atoms with Crippen LogP contribution in [0.25, 0.3) is 0 Å². The van der Waals surface area contributed by atoms with Crippen LogP contribution in [0.1, 0.15) is 85.5 Å². The Hall–Kier alpha value is 1.21. The summed E-state index contributed by atoms with van der Waals surface area (Å²) in [5.74, 6) is 0.506. The van der Waals surface area contributed by atoms with Crippen molar-refractivity contribution in [2.24, 2.45) is 34.0 Å². The first-order chi connectivity index (χ1) is 17.6. The van der Waals surface area contributed by atoms with Gasteiger partial charge in [0.1, 0.15) is 0 Å². The number of Topliss-reactive ketones (excluding diaryl/α,β-unsaturated/α-hetero) is 1. The molecule has 0 bridgehead atoms. The van der Waals surface area contributed by atoms with Gasteiger partial charge in [-0.3, -0.25) is 4.79 Å². The average Bonchev–Trinajstić information content (AvgIpc) is 2.85. The van der Waals surface area contributed by atoms with Crippen molar-refractivity contribution in [1.82, 2.24) is 0 Å². The van der Waals surface area contributed by atoms with E-state index >= 15 is 0 Å². The molecule has 9 atom stereocenters. The minimum atomic E-state index is -0.700. The van der Waals surface area contributed by atoms with Gasteiger partial charge < -0.3 is 5.11 Å². The molecule has 0 aromatic rings. The third-order valence-electron chi connectivity index (χ3n) is 11.7. The second kappa shape index (κ2) is 9.87. The normalized spacial score (nSPS) is 50.3. The fourth-order valence-electron chi connectivity index (χ4n) is 9.92. The minimum absolute atomic E-state index is 0.00612. The van der Waals surface area contributed by atoms with E-state index in [0.29, 0.717) is 16.1 Å². The van der Waals surface area contributed by atoms with Gasteiger partial charge in [-0.25, -0.2) is 0 Å². The van der Waals surface area contributed by atoms with Gasteiger partial charge in [0.25, 0.3) is 0 Å². The molecule has 0 aromatic heterocycles. The molecule has 5 aliphatic rings. The van der Waals surface area contributed by atoms with Gasteiger partial charge in [-0.05, 0) is 6.92 Å². The Bertz CT molecular complexity index is 1160. The third kappa shape index (κ3) is 3.81. The molecule has 5 aliphatic carbocycles. The molecule has 0 spiro atoms. The van der Waals surface area contributed by atoms with E-state index in [4.69, 9.17) is 0 Å². The Morgan fingerprint density at radius 1 is 1.05 bits per heavy atom. The standard InChI is InChI=1S/C30H39I4O4/c1-17-7-6-11-28(14-10-23(37)34-5)13-9-20-25(2)12-8-19-26(3,16-18(35)24(38)27(19,4)31)21(25)15-22(36)29(20,32)30(17,28)33/h15-17,19-20,35H,6-14H2,1-5H3/q-1. The molecule has 0 aromatic carbocycles. The van der Waals surface area contributed by atoms with Crippen molar-refractivity contribution < 1.29 is 40.7 Å². The molecule has 9 unspecified atom stereocenters. The molecule has 1 N–H and O–H groups in total. The van der Waals surface area contributed by atoms with Crippen molar-refractivity contribution in [3.05, 3.63) is 23.5 Å². The molecule has 5 rings (SSSR count).